The third-order valence-electron chi connectivity index (χ3n) is 6.38. The topological polar surface area (TPSA) is 245 Å². The molecule has 2 aromatic rings. The Bertz CT molecular complexity index is 1300. The number of carboxylic acid groups (broad SMARTS) is 1. The van der Waals surface area contributed by atoms with E-state index in [2.05, 4.69) is 31.6 Å². The fourth-order valence-corrected chi connectivity index (χ4v) is 4.40. The highest BCUT2D eigenvalue weighted by Crippen LogP contribution is 2.19. The fourth-order valence-electron chi connectivity index (χ4n) is 3.91. The van der Waals surface area contributed by atoms with E-state index in [0.29, 0.717) is 17.7 Å². The summed E-state index contributed by atoms with van der Waals surface area (Å²) in [5.74, 6) is -4.32. The van der Waals surface area contributed by atoms with Gasteiger partial charge in [0.25, 0.3) is 0 Å². The van der Waals surface area contributed by atoms with Crippen LogP contribution >= 0.6 is 11.8 Å². The van der Waals surface area contributed by atoms with Crippen molar-refractivity contribution in [2.24, 2.45) is 5.73 Å². The number of carbonyl (C=O) groups excluding carboxylic acids is 5. The number of aliphatic hydroxyl groups is 1. The largest absolute Gasteiger partial charge is 0.480 e. The lowest BCUT2D eigenvalue weighted by Crippen LogP contribution is -2.59. The van der Waals surface area contributed by atoms with Gasteiger partial charge in [0, 0.05) is 23.5 Å². The first kappa shape index (κ1) is 35.0. The number of amides is 5. The molecule has 236 valence electrons. The number of rotatable bonds is 17. The Labute approximate surface area is 252 Å². The molecule has 0 unspecified atom stereocenters. The van der Waals surface area contributed by atoms with E-state index < -0.39 is 78.9 Å². The molecule has 10 N–H and O–H groups in total. The van der Waals surface area contributed by atoms with E-state index in [9.17, 15) is 39.0 Å². The van der Waals surface area contributed by atoms with Crippen molar-refractivity contribution in [2.45, 2.75) is 57.0 Å². The number of H-pyrrole nitrogens is 1. The molecule has 1 aromatic heterocycles. The second-order valence-corrected chi connectivity index (χ2v) is 10.8. The number of carbonyl (C=O) groups is 6. The van der Waals surface area contributed by atoms with Crippen LogP contribution in [-0.2, 0) is 35.2 Å². The van der Waals surface area contributed by atoms with Gasteiger partial charge in [-0.25, -0.2) is 0 Å². The van der Waals surface area contributed by atoms with Crippen molar-refractivity contribution < 1.29 is 39.0 Å². The van der Waals surface area contributed by atoms with Gasteiger partial charge in [-0.3, -0.25) is 28.8 Å². The Morgan fingerprint density at radius 2 is 1.60 bits per heavy atom. The number of fused-ring (bicyclic) bond motifs is 1. The molecule has 0 aliphatic heterocycles. The molecular weight excluding hydrogens is 582 g/mol. The minimum Gasteiger partial charge on any atom is -0.480 e. The van der Waals surface area contributed by atoms with Gasteiger partial charge >= 0.3 is 5.97 Å². The number of hydrogen-bond donors (Lipinski definition) is 9. The van der Waals surface area contributed by atoms with Gasteiger partial charge in [-0.2, -0.15) is 11.8 Å². The summed E-state index contributed by atoms with van der Waals surface area (Å²) in [6.45, 7) is 1.53. The number of nitrogens with two attached hydrogens (primary N) is 1. The second-order valence-electron chi connectivity index (χ2n) is 9.86. The van der Waals surface area contributed by atoms with Crippen molar-refractivity contribution in [2.75, 3.05) is 25.1 Å². The molecule has 0 aliphatic rings. The highest BCUT2D eigenvalue weighted by atomic mass is 32.2. The first-order valence-corrected chi connectivity index (χ1v) is 14.9. The standard InChI is InChI=1S/C27H39N7O8S/c1-14(27(41)42)32-25(39)20(10-16-11-29-19-7-5-4-6-17(16)19)33-26(40)23(15(2)35)34-22(37)13-30-21(36)12-31-24(38)18(28)8-9-43-3/h4-7,11,14-15,18,20,23,29,35H,8-10,12-13,28H2,1-3H3,(H,30,36)(H,31,38)(H,32,39)(H,33,40)(H,34,37)(H,41,42)/t14-,15+,18-,20-,23-/m0/s1. The lowest BCUT2D eigenvalue weighted by Gasteiger charge is -2.25. The van der Waals surface area contributed by atoms with Crippen LogP contribution < -0.4 is 32.3 Å². The van der Waals surface area contributed by atoms with Crippen LogP contribution in [0.25, 0.3) is 10.9 Å². The quantitative estimate of drug-likeness (QED) is 0.0937. The van der Waals surface area contributed by atoms with Gasteiger partial charge in [-0.15, -0.1) is 0 Å². The Morgan fingerprint density at radius 1 is 0.930 bits per heavy atom. The summed E-state index contributed by atoms with van der Waals surface area (Å²) in [6.07, 6.45) is 2.53. The molecule has 5 amide bonds. The predicted molar refractivity (Wildman–Crippen MR) is 160 cm³/mol. The Hall–Kier alpha value is -4.15. The number of benzene rings is 1. The number of aromatic nitrogens is 1. The minimum absolute atomic E-state index is 0.0306. The maximum atomic E-state index is 13.2. The fraction of sp³-hybridized carbons (Fsp3) is 0.481. The summed E-state index contributed by atoms with van der Waals surface area (Å²) < 4.78 is 0. The molecule has 0 spiro atoms. The van der Waals surface area contributed by atoms with Gasteiger partial charge in [0.1, 0.15) is 18.1 Å². The monoisotopic (exact) mass is 621 g/mol. The molecule has 0 radical (unpaired) electrons. The second kappa shape index (κ2) is 17.1. The van der Waals surface area contributed by atoms with Gasteiger partial charge in [0.2, 0.25) is 29.5 Å². The molecule has 1 aromatic carbocycles. The van der Waals surface area contributed by atoms with Crippen LogP contribution in [0, 0.1) is 0 Å². The Morgan fingerprint density at radius 3 is 2.26 bits per heavy atom. The van der Waals surface area contributed by atoms with Crippen LogP contribution in [-0.4, -0.2) is 106 Å². The van der Waals surface area contributed by atoms with Crippen molar-refractivity contribution in [1.82, 2.24) is 31.6 Å². The molecule has 16 heteroatoms. The van der Waals surface area contributed by atoms with E-state index in [1.165, 1.54) is 25.6 Å². The molecule has 0 saturated heterocycles. The number of nitrogens with one attached hydrogen (secondary N) is 6. The number of aliphatic hydroxyl groups excluding tert-OH is 1. The number of aromatic amines is 1. The molecule has 0 bridgehead atoms. The lowest BCUT2D eigenvalue weighted by atomic mass is 10.0. The smallest absolute Gasteiger partial charge is 0.325 e. The maximum absolute atomic E-state index is 13.2. The normalized spacial score (nSPS) is 14.4. The third kappa shape index (κ3) is 11.2. The first-order valence-electron chi connectivity index (χ1n) is 13.5. The summed E-state index contributed by atoms with van der Waals surface area (Å²) in [4.78, 5) is 77.1. The zero-order valence-corrected chi connectivity index (χ0v) is 25.0. The van der Waals surface area contributed by atoms with Crippen LogP contribution in [0.5, 0.6) is 0 Å². The van der Waals surface area contributed by atoms with Crippen LogP contribution in [0.3, 0.4) is 0 Å². The molecular formula is C27H39N7O8S. The van der Waals surface area contributed by atoms with Crippen LogP contribution in [0.4, 0.5) is 0 Å². The van der Waals surface area contributed by atoms with Crippen LogP contribution in [0.1, 0.15) is 25.8 Å². The molecule has 43 heavy (non-hydrogen) atoms. The van der Waals surface area contributed by atoms with E-state index in [4.69, 9.17) is 5.73 Å². The van der Waals surface area contributed by atoms with Gasteiger partial charge in [-0.1, -0.05) is 18.2 Å². The molecule has 1 heterocycles. The summed E-state index contributed by atoms with van der Waals surface area (Å²) >= 11 is 1.53. The summed E-state index contributed by atoms with van der Waals surface area (Å²) in [7, 11) is 0. The van der Waals surface area contributed by atoms with Gasteiger partial charge < -0.3 is 47.5 Å². The van der Waals surface area contributed by atoms with Crippen molar-refractivity contribution >= 4 is 58.2 Å². The summed E-state index contributed by atoms with van der Waals surface area (Å²) in [5, 5.41) is 32.0. The van der Waals surface area contributed by atoms with Gasteiger partial charge in [-0.05, 0) is 43.9 Å². The molecule has 5 atom stereocenters. The number of thioether (sulfide) groups is 1. The van der Waals surface area contributed by atoms with Crippen molar-refractivity contribution in [3.63, 3.8) is 0 Å². The van der Waals surface area contributed by atoms with Crippen LogP contribution in [0.2, 0.25) is 0 Å². The zero-order chi connectivity index (χ0) is 32.1. The van der Waals surface area contributed by atoms with Crippen molar-refractivity contribution in [3.05, 3.63) is 36.0 Å². The predicted octanol–water partition coefficient (Wildman–Crippen LogP) is -2.04. The van der Waals surface area contributed by atoms with Crippen LogP contribution in [0.15, 0.2) is 30.5 Å². The molecule has 15 nitrogen and oxygen atoms in total. The van der Waals surface area contributed by atoms with E-state index in [-0.39, 0.29) is 6.42 Å². The molecule has 2 rings (SSSR count). The van der Waals surface area contributed by atoms with E-state index in [1.807, 2.05) is 24.5 Å². The van der Waals surface area contributed by atoms with Gasteiger partial charge in [0.05, 0.1) is 25.2 Å². The van der Waals surface area contributed by atoms with Crippen molar-refractivity contribution in [3.8, 4) is 0 Å². The maximum Gasteiger partial charge on any atom is 0.325 e. The number of aliphatic carboxylic acids is 1. The van der Waals surface area contributed by atoms with E-state index >= 15 is 0 Å². The molecule has 0 fully saturated rings. The van der Waals surface area contributed by atoms with E-state index in [1.54, 1.807) is 12.3 Å². The zero-order valence-electron chi connectivity index (χ0n) is 24.1. The number of hydrogen-bond acceptors (Lipinski definition) is 9. The van der Waals surface area contributed by atoms with E-state index in [0.717, 1.165) is 10.9 Å². The number of para-hydroxylation sites is 1. The minimum atomic E-state index is -1.52. The summed E-state index contributed by atoms with van der Waals surface area (Å²) in [6, 6.07) is 2.45. The Balaban J connectivity index is 2.03. The number of carboxylic acids is 1. The lowest BCUT2D eigenvalue weighted by molar-refractivity contribution is -0.141. The highest BCUT2D eigenvalue weighted by Gasteiger charge is 2.31. The van der Waals surface area contributed by atoms with Gasteiger partial charge in [0.15, 0.2) is 0 Å². The SMILES string of the molecule is CSCC[C@H](N)C(=O)NCC(=O)NCC(=O)N[C@H](C(=O)N[C@@H](Cc1c[nH]c2ccccc12)C(=O)N[C@@H](C)C(=O)O)[C@@H](C)O. The van der Waals surface area contributed by atoms with Crippen molar-refractivity contribution in [1.29, 1.82) is 0 Å². The average molecular weight is 622 g/mol. The first-order chi connectivity index (χ1) is 20.3. The summed E-state index contributed by atoms with van der Waals surface area (Å²) in [5.41, 5.74) is 7.19. The molecule has 0 saturated carbocycles. The average Bonchev–Trinajstić information content (AvgIpc) is 3.38. The Kier molecular flexibility index (Phi) is 13.9. The third-order valence-corrected chi connectivity index (χ3v) is 7.03. The highest BCUT2D eigenvalue weighted by molar-refractivity contribution is 7.98. The molecule has 0 aliphatic carbocycles.